The van der Waals surface area contributed by atoms with Gasteiger partial charge >= 0.3 is 0 Å². The summed E-state index contributed by atoms with van der Waals surface area (Å²) in [5.74, 6) is -1.79. The minimum Gasteiger partial charge on any atom is -0.397 e. The van der Waals surface area contributed by atoms with E-state index in [9.17, 15) is 14.7 Å². The number of nitrogens with two attached hydrogens (primary N) is 2. The van der Waals surface area contributed by atoms with E-state index in [4.69, 9.17) is 16.0 Å². The van der Waals surface area contributed by atoms with E-state index < -0.39 is 23.2 Å². The smallest absolute Gasteiger partial charge is 0.269 e. The van der Waals surface area contributed by atoms with Gasteiger partial charge in [-0.1, -0.05) is 11.2 Å². The number of anilines is 1. The van der Waals surface area contributed by atoms with Crippen LogP contribution in [0.4, 0.5) is 10.1 Å². The highest BCUT2D eigenvalue weighted by atomic mass is 19.1. The Morgan fingerprint density at radius 2 is 1.97 bits per heavy atom. The standard InChI is InChI=1S/C23H22FN5O4/c1-29-8-7-23(32,22(29)31)17-10-16(28-33-17)13-4-2-3-12(18(13)24)15-9-14(11-5-6-11)19(25)20(27-15)21(26)30/h2-4,9-11,32H,5-8,25H2,1H3,(H2,26,30). The number of rotatable bonds is 5. The van der Waals surface area contributed by atoms with Crippen molar-refractivity contribution in [2.45, 2.75) is 30.8 Å². The highest BCUT2D eigenvalue weighted by Crippen LogP contribution is 2.45. The SMILES string of the molecule is CN1CCC(O)(c2cc(-c3cccc(-c4cc(C5CC5)c(N)c(C(N)=O)n4)c3F)no2)C1=O. The Hall–Kier alpha value is -3.79. The molecule has 2 fully saturated rings. The number of hydrogen-bond acceptors (Lipinski definition) is 7. The molecule has 3 heterocycles. The van der Waals surface area contributed by atoms with E-state index >= 15 is 4.39 Å². The predicted molar refractivity (Wildman–Crippen MR) is 116 cm³/mol. The number of likely N-dealkylation sites (tertiary alicyclic amines) is 1. The first kappa shape index (κ1) is 21.1. The number of pyridine rings is 1. The van der Waals surface area contributed by atoms with Gasteiger partial charge in [-0.2, -0.15) is 0 Å². The summed E-state index contributed by atoms with van der Waals surface area (Å²) in [6.07, 6.45) is 1.99. The highest BCUT2D eigenvalue weighted by molar-refractivity contribution is 5.97. The number of nitrogen functional groups attached to an aromatic ring is 1. The second kappa shape index (κ2) is 7.38. The fourth-order valence-corrected chi connectivity index (χ4v) is 4.24. The van der Waals surface area contributed by atoms with E-state index in [2.05, 4.69) is 10.1 Å². The molecule has 5 N–H and O–H groups in total. The van der Waals surface area contributed by atoms with Crippen LogP contribution in [-0.2, 0) is 10.4 Å². The molecule has 0 radical (unpaired) electrons. The molecule has 33 heavy (non-hydrogen) atoms. The first-order chi connectivity index (χ1) is 15.7. The molecule has 2 aliphatic rings. The van der Waals surface area contributed by atoms with Crippen molar-refractivity contribution in [1.82, 2.24) is 15.0 Å². The third-order valence-corrected chi connectivity index (χ3v) is 6.32. The Bertz CT molecular complexity index is 1300. The summed E-state index contributed by atoms with van der Waals surface area (Å²) in [6, 6.07) is 7.69. The molecule has 1 saturated heterocycles. The zero-order valence-electron chi connectivity index (χ0n) is 17.8. The number of benzene rings is 1. The van der Waals surface area contributed by atoms with Crippen molar-refractivity contribution in [3.8, 4) is 22.5 Å². The molecule has 170 valence electrons. The molecule has 1 aliphatic carbocycles. The lowest BCUT2D eigenvalue weighted by molar-refractivity contribution is -0.144. The number of halogens is 1. The van der Waals surface area contributed by atoms with Crippen LogP contribution in [0.25, 0.3) is 22.5 Å². The maximum Gasteiger partial charge on any atom is 0.269 e. The van der Waals surface area contributed by atoms with Crippen molar-refractivity contribution >= 4 is 17.5 Å². The zero-order chi connectivity index (χ0) is 23.5. The zero-order valence-corrected chi connectivity index (χ0v) is 17.8. The number of carbonyl (C=O) groups is 2. The molecule has 5 rings (SSSR count). The van der Waals surface area contributed by atoms with Gasteiger partial charge in [0.05, 0.1) is 11.4 Å². The minimum atomic E-state index is -1.83. The summed E-state index contributed by atoms with van der Waals surface area (Å²) in [7, 11) is 1.58. The highest BCUT2D eigenvalue weighted by Gasteiger charge is 2.48. The number of carbonyl (C=O) groups excluding carboxylic acids is 2. The maximum absolute atomic E-state index is 15.6. The fraction of sp³-hybridized carbons (Fsp3) is 0.304. The number of aromatic nitrogens is 2. The second-order valence-corrected chi connectivity index (χ2v) is 8.58. The van der Waals surface area contributed by atoms with Crippen LogP contribution in [0.1, 0.15) is 47.0 Å². The maximum atomic E-state index is 15.6. The fourth-order valence-electron chi connectivity index (χ4n) is 4.24. The molecule has 2 aromatic heterocycles. The number of primary amides is 1. The van der Waals surface area contributed by atoms with Gasteiger partial charge in [0.15, 0.2) is 11.5 Å². The van der Waals surface area contributed by atoms with E-state index in [1.165, 1.54) is 23.1 Å². The number of aliphatic hydroxyl groups is 1. The third-order valence-electron chi connectivity index (χ3n) is 6.32. The summed E-state index contributed by atoms with van der Waals surface area (Å²) >= 11 is 0. The predicted octanol–water partition coefficient (Wildman–Crippen LogP) is 2.15. The van der Waals surface area contributed by atoms with Crippen LogP contribution in [0.5, 0.6) is 0 Å². The van der Waals surface area contributed by atoms with Crippen molar-refractivity contribution in [1.29, 1.82) is 0 Å². The van der Waals surface area contributed by atoms with Gasteiger partial charge in [-0.05, 0) is 42.5 Å². The minimum absolute atomic E-state index is 0.0469. The average Bonchev–Trinajstić information content (AvgIpc) is 3.45. The molecule has 0 bridgehead atoms. The molecule has 0 spiro atoms. The molecule has 3 aromatic rings. The van der Waals surface area contributed by atoms with Crippen LogP contribution in [0.15, 0.2) is 34.9 Å². The lowest BCUT2D eigenvalue weighted by Gasteiger charge is -2.16. The van der Waals surface area contributed by atoms with Crippen molar-refractivity contribution in [3.05, 3.63) is 53.2 Å². The molecule has 2 amide bonds. The van der Waals surface area contributed by atoms with E-state index in [1.54, 1.807) is 19.2 Å². The number of hydrogen-bond donors (Lipinski definition) is 3. The topological polar surface area (TPSA) is 149 Å². The van der Waals surface area contributed by atoms with E-state index in [-0.39, 0.29) is 52.0 Å². The summed E-state index contributed by atoms with van der Waals surface area (Å²) < 4.78 is 20.9. The van der Waals surface area contributed by atoms with E-state index in [0.717, 1.165) is 18.4 Å². The number of likely N-dealkylation sites (N-methyl/N-ethyl adjacent to an activating group) is 1. The van der Waals surface area contributed by atoms with Crippen molar-refractivity contribution < 1.29 is 23.6 Å². The van der Waals surface area contributed by atoms with Gasteiger partial charge in [-0.3, -0.25) is 9.59 Å². The number of nitrogens with zero attached hydrogens (tertiary/aromatic N) is 3. The molecular weight excluding hydrogens is 429 g/mol. The van der Waals surface area contributed by atoms with Crippen molar-refractivity contribution in [3.63, 3.8) is 0 Å². The lowest BCUT2D eigenvalue weighted by Crippen LogP contribution is -2.35. The molecule has 10 heteroatoms. The van der Waals surface area contributed by atoms with Gasteiger partial charge in [0.2, 0.25) is 5.60 Å². The molecule has 1 unspecified atom stereocenters. The Balaban J connectivity index is 1.57. The Morgan fingerprint density at radius 1 is 1.27 bits per heavy atom. The summed E-state index contributed by atoms with van der Waals surface area (Å²) in [4.78, 5) is 29.9. The third kappa shape index (κ3) is 3.34. The molecular formula is C23H22FN5O4. The Labute approximate surface area is 188 Å². The average molecular weight is 451 g/mol. The van der Waals surface area contributed by atoms with Crippen LogP contribution in [0, 0.1) is 5.82 Å². The van der Waals surface area contributed by atoms with Gasteiger partial charge < -0.3 is 26.0 Å². The van der Waals surface area contributed by atoms with Crippen LogP contribution in [-0.4, -0.2) is 45.6 Å². The molecule has 1 aromatic carbocycles. The largest absolute Gasteiger partial charge is 0.397 e. The van der Waals surface area contributed by atoms with Gasteiger partial charge in [-0.25, -0.2) is 9.37 Å². The first-order valence-electron chi connectivity index (χ1n) is 10.6. The summed E-state index contributed by atoms with van der Waals surface area (Å²) in [6.45, 7) is 0.365. The molecule has 9 nitrogen and oxygen atoms in total. The Kier molecular flexibility index (Phi) is 4.71. The van der Waals surface area contributed by atoms with Crippen LogP contribution in [0.2, 0.25) is 0 Å². The van der Waals surface area contributed by atoms with Crippen molar-refractivity contribution in [2.75, 3.05) is 19.3 Å². The quantitative estimate of drug-likeness (QED) is 0.538. The monoisotopic (exact) mass is 451 g/mol. The summed E-state index contributed by atoms with van der Waals surface area (Å²) in [5, 5.41) is 14.7. The van der Waals surface area contributed by atoms with E-state index in [1.807, 2.05) is 0 Å². The van der Waals surface area contributed by atoms with Gasteiger partial charge in [0.25, 0.3) is 11.8 Å². The summed E-state index contributed by atoms with van der Waals surface area (Å²) in [5.41, 5.74) is 11.2. The number of amides is 2. The van der Waals surface area contributed by atoms with E-state index in [0.29, 0.717) is 6.54 Å². The van der Waals surface area contributed by atoms with Crippen LogP contribution < -0.4 is 11.5 Å². The lowest BCUT2D eigenvalue weighted by atomic mass is 9.97. The molecule has 1 aliphatic heterocycles. The molecule has 1 atom stereocenters. The van der Waals surface area contributed by atoms with Gasteiger partial charge in [-0.15, -0.1) is 0 Å². The van der Waals surface area contributed by atoms with Crippen molar-refractivity contribution in [2.24, 2.45) is 5.73 Å². The van der Waals surface area contributed by atoms with Crippen LogP contribution >= 0.6 is 0 Å². The first-order valence-corrected chi connectivity index (χ1v) is 10.6. The normalized spacial score (nSPS) is 20.5. The Morgan fingerprint density at radius 3 is 2.58 bits per heavy atom. The van der Waals surface area contributed by atoms with Gasteiger partial charge in [0.1, 0.15) is 11.5 Å². The second-order valence-electron chi connectivity index (χ2n) is 8.58. The van der Waals surface area contributed by atoms with Crippen LogP contribution in [0.3, 0.4) is 0 Å². The van der Waals surface area contributed by atoms with Gasteiger partial charge in [0, 0.05) is 37.2 Å². The molecule has 1 saturated carbocycles.